The Morgan fingerprint density at radius 3 is 2.48 bits per heavy atom. The molecule has 0 aliphatic carbocycles. The lowest BCUT2D eigenvalue weighted by atomic mass is 10.1. The minimum atomic E-state index is -0.112. The Kier molecular flexibility index (Phi) is 6.45. The molecule has 0 saturated heterocycles. The number of rotatable bonds is 8. The van der Waals surface area contributed by atoms with E-state index in [0.717, 1.165) is 10.5 Å². The summed E-state index contributed by atoms with van der Waals surface area (Å²) in [7, 11) is 0. The Morgan fingerprint density at radius 2 is 1.74 bits per heavy atom. The maximum absolute atomic E-state index is 12.3. The summed E-state index contributed by atoms with van der Waals surface area (Å²) in [5.74, 6) is 0.465. The van der Waals surface area contributed by atoms with Crippen LogP contribution in [0.4, 0.5) is 0 Å². The van der Waals surface area contributed by atoms with Gasteiger partial charge >= 0.3 is 0 Å². The van der Waals surface area contributed by atoms with E-state index in [0.29, 0.717) is 17.9 Å². The van der Waals surface area contributed by atoms with Gasteiger partial charge in [0.25, 0.3) is 0 Å². The van der Waals surface area contributed by atoms with Crippen molar-refractivity contribution in [3.63, 3.8) is 0 Å². The van der Waals surface area contributed by atoms with Crippen molar-refractivity contribution in [2.75, 3.05) is 0 Å². The number of allylic oxidation sites excluding steroid dienone is 2. The topological polar surface area (TPSA) is 26.3 Å². The molecule has 2 aromatic carbocycles. The Hall–Kier alpha value is -2.52. The molecule has 0 unspecified atom stereocenters. The molecule has 0 heterocycles. The molecule has 23 heavy (non-hydrogen) atoms. The molecule has 0 saturated carbocycles. The van der Waals surface area contributed by atoms with E-state index in [1.165, 1.54) is 17.8 Å². The molecule has 116 valence electrons. The predicted octanol–water partition coefficient (Wildman–Crippen LogP) is 5.39. The SMILES string of the molecule is C=CSC(=C)/C=C\C(=O)c1ccccc1OCc1ccccc1. The molecule has 2 aromatic rings. The molecule has 0 amide bonds. The van der Waals surface area contributed by atoms with Gasteiger partial charge in [0.2, 0.25) is 0 Å². The van der Waals surface area contributed by atoms with Gasteiger partial charge in [-0.2, -0.15) is 0 Å². The fourth-order valence-electron chi connectivity index (χ4n) is 1.94. The van der Waals surface area contributed by atoms with Crippen molar-refractivity contribution < 1.29 is 9.53 Å². The first-order valence-electron chi connectivity index (χ1n) is 7.15. The van der Waals surface area contributed by atoms with Gasteiger partial charge in [-0.25, -0.2) is 0 Å². The smallest absolute Gasteiger partial charge is 0.189 e. The number of carbonyl (C=O) groups is 1. The molecule has 2 rings (SSSR count). The largest absolute Gasteiger partial charge is 0.488 e. The van der Waals surface area contributed by atoms with Crippen LogP contribution in [0.25, 0.3) is 0 Å². The minimum Gasteiger partial charge on any atom is -0.488 e. The van der Waals surface area contributed by atoms with E-state index in [1.807, 2.05) is 42.5 Å². The number of para-hydroxylation sites is 1. The summed E-state index contributed by atoms with van der Waals surface area (Å²) in [6.07, 6.45) is 3.19. The summed E-state index contributed by atoms with van der Waals surface area (Å²) in [6.45, 7) is 7.87. The van der Waals surface area contributed by atoms with Crippen LogP contribution in [0, 0.1) is 0 Å². The first-order valence-corrected chi connectivity index (χ1v) is 8.03. The van der Waals surface area contributed by atoms with Gasteiger partial charge in [0.05, 0.1) is 5.56 Å². The maximum atomic E-state index is 12.3. The number of ether oxygens (including phenoxy) is 1. The van der Waals surface area contributed by atoms with Crippen LogP contribution in [0.5, 0.6) is 5.75 Å². The maximum Gasteiger partial charge on any atom is 0.189 e. The summed E-state index contributed by atoms with van der Waals surface area (Å²) in [5.41, 5.74) is 1.59. The molecule has 0 aliphatic rings. The highest BCUT2D eigenvalue weighted by Crippen LogP contribution is 2.21. The van der Waals surface area contributed by atoms with Crippen LogP contribution in [-0.2, 0) is 6.61 Å². The average molecular weight is 322 g/mol. The molecular formula is C20H18O2S. The highest BCUT2D eigenvalue weighted by atomic mass is 32.2. The lowest BCUT2D eigenvalue weighted by Gasteiger charge is -2.09. The van der Waals surface area contributed by atoms with Crippen molar-refractivity contribution in [2.45, 2.75) is 6.61 Å². The second kappa shape index (κ2) is 8.81. The number of hydrogen-bond donors (Lipinski definition) is 0. The van der Waals surface area contributed by atoms with Gasteiger partial charge in [-0.1, -0.05) is 67.4 Å². The lowest BCUT2D eigenvalue weighted by molar-refractivity contribution is 0.104. The van der Waals surface area contributed by atoms with Crippen molar-refractivity contribution in [3.05, 3.63) is 101 Å². The highest BCUT2D eigenvalue weighted by molar-refractivity contribution is 8.05. The zero-order chi connectivity index (χ0) is 16.5. The second-order valence-corrected chi connectivity index (χ2v) is 5.81. The molecule has 3 heteroatoms. The van der Waals surface area contributed by atoms with Crippen molar-refractivity contribution >= 4 is 17.5 Å². The molecule has 0 aliphatic heterocycles. The number of thioether (sulfide) groups is 1. The summed E-state index contributed by atoms with van der Waals surface area (Å²) in [6, 6.07) is 17.1. The molecule has 0 atom stereocenters. The summed E-state index contributed by atoms with van der Waals surface area (Å²) < 4.78 is 5.80. The van der Waals surface area contributed by atoms with Gasteiger partial charge in [0, 0.05) is 4.91 Å². The van der Waals surface area contributed by atoms with Crippen molar-refractivity contribution in [2.24, 2.45) is 0 Å². The molecule has 0 bridgehead atoms. The third-order valence-corrected chi connectivity index (χ3v) is 3.65. The molecule has 0 fully saturated rings. The normalized spacial score (nSPS) is 10.4. The van der Waals surface area contributed by atoms with Crippen LogP contribution < -0.4 is 4.74 Å². The molecular weight excluding hydrogens is 304 g/mol. The number of carbonyl (C=O) groups excluding carboxylic acids is 1. The Bertz CT molecular complexity index is 717. The predicted molar refractivity (Wildman–Crippen MR) is 97.6 cm³/mol. The van der Waals surface area contributed by atoms with Gasteiger partial charge in [-0.3, -0.25) is 4.79 Å². The van der Waals surface area contributed by atoms with E-state index in [4.69, 9.17) is 4.74 Å². The highest BCUT2D eigenvalue weighted by Gasteiger charge is 2.09. The third-order valence-electron chi connectivity index (χ3n) is 3.04. The lowest BCUT2D eigenvalue weighted by Crippen LogP contribution is -2.02. The zero-order valence-electron chi connectivity index (χ0n) is 12.8. The van der Waals surface area contributed by atoms with Gasteiger partial charge in [-0.15, -0.1) is 0 Å². The summed E-state index contributed by atoms with van der Waals surface area (Å²) >= 11 is 1.38. The van der Waals surface area contributed by atoms with Crippen LogP contribution in [0.1, 0.15) is 15.9 Å². The van der Waals surface area contributed by atoms with E-state index in [9.17, 15) is 4.79 Å². The Morgan fingerprint density at radius 1 is 1.04 bits per heavy atom. The molecule has 0 N–H and O–H groups in total. The fraction of sp³-hybridized carbons (Fsp3) is 0.0500. The molecule has 2 nitrogen and oxygen atoms in total. The van der Waals surface area contributed by atoms with Crippen LogP contribution in [-0.4, -0.2) is 5.78 Å². The number of ketones is 1. The standard InChI is InChI=1S/C20H18O2S/c1-3-23-16(2)13-14-19(21)18-11-7-8-12-20(18)22-15-17-9-5-4-6-10-17/h3-14H,1-2,15H2/b14-13-. The van der Waals surface area contributed by atoms with E-state index < -0.39 is 0 Å². The van der Waals surface area contributed by atoms with E-state index >= 15 is 0 Å². The average Bonchev–Trinajstić information content (AvgIpc) is 2.59. The second-order valence-electron chi connectivity index (χ2n) is 4.72. The first kappa shape index (κ1) is 16.8. The van der Waals surface area contributed by atoms with Crippen LogP contribution in [0.3, 0.4) is 0 Å². The number of hydrogen-bond acceptors (Lipinski definition) is 3. The van der Waals surface area contributed by atoms with Gasteiger partial charge in [0.15, 0.2) is 5.78 Å². The molecule has 0 radical (unpaired) electrons. The number of benzene rings is 2. The van der Waals surface area contributed by atoms with Crippen molar-refractivity contribution in [1.82, 2.24) is 0 Å². The zero-order valence-corrected chi connectivity index (χ0v) is 13.6. The van der Waals surface area contributed by atoms with E-state index in [1.54, 1.807) is 23.6 Å². The van der Waals surface area contributed by atoms with Crippen LogP contribution in [0.2, 0.25) is 0 Å². The summed E-state index contributed by atoms with van der Waals surface area (Å²) in [5, 5.41) is 1.67. The van der Waals surface area contributed by atoms with Crippen molar-refractivity contribution in [3.8, 4) is 5.75 Å². The Labute approximate surface area is 141 Å². The Balaban J connectivity index is 2.09. The van der Waals surface area contributed by atoms with E-state index in [2.05, 4.69) is 13.2 Å². The quantitative estimate of drug-likeness (QED) is 0.370. The van der Waals surface area contributed by atoms with Crippen molar-refractivity contribution in [1.29, 1.82) is 0 Å². The van der Waals surface area contributed by atoms with Crippen LogP contribution in [0.15, 0.2) is 90.2 Å². The molecule has 0 spiro atoms. The fourth-order valence-corrected chi connectivity index (χ4v) is 2.30. The summed E-state index contributed by atoms with van der Waals surface area (Å²) in [4.78, 5) is 13.1. The van der Waals surface area contributed by atoms with Gasteiger partial charge in [0.1, 0.15) is 12.4 Å². The molecule has 0 aromatic heterocycles. The minimum absolute atomic E-state index is 0.112. The monoisotopic (exact) mass is 322 g/mol. The van der Waals surface area contributed by atoms with E-state index in [-0.39, 0.29) is 5.78 Å². The first-order chi connectivity index (χ1) is 11.2. The van der Waals surface area contributed by atoms with Crippen LogP contribution >= 0.6 is 11.8 Å². The van der Waals surface area contributed by atoms with Gasteiger partial charge < -0.3 is 4.74 Å². The third kappa shape index (κ3) is 5.31. The van der Waals surface area contributed by atoms with Gasteiger partial charge in [-0.05, 0) is 35.3 Å².